The van der Waals surface area contributed by atoms with Crippen molar-refractivity contribution in [3.63, 3.8) is 0 Å². The first-order chi connectivity index (χ1) is 12.1. The van der Waals surface area contributed by atoms with Crippen LogP contribution in [-0.4, -0.2) is 61.7 Å². The highest BCUT2D eigenvalue weighted by molar-refractivity contribution is 5.79. The Morgan fingerprint density at radius 2 is 1.96 bits per heavy atom. The number of nitrogens with zero attached hydrogens (tertiary/aromatic N) is 4. The molecule has 0 bridgehead atoms. The highest BCUT2D eigenvalue weighted by Crippen LogP contribution is 2.15. The molecule has 140 valence electrons. The van der Waals surface area contributed by atoms with Crippen LogP contribution >= 0.6 is 0 Å². The van der Waals surface area contributed by atoms with Gasteiger partial charge in [-0.05, 0) is 37.1 Å². The first kappa shape index (κ1) is 19.5. The second-order valence-corrected chi connectivity index (χ2v) is 6.91. The van der Waals surface area contributed by atoms with E-state index in [1.54, 1.807) is 0 Å². The van der Waals surface area contributed by atoms with E-state index in [0.29, 0.717) is 12.5 Å². The second kappa shape index (κ2) is 10.2. The number of piperazine rings is 1. The predicted molar refractivity (Wildman–Crippen MR) is 106 cm³/mol. The summed E-state index contributed by atoms with van der Waals surface area (Å²) in [5.74, 6) is 2.55. The molecule has 2 heterocycles. The van der Waals surface area contributed by atoms with Crippen LogP contribution in [0.2, 0.25) is 0 Å². The third-order valence-electron chi connectivity index (χ3n) is 4.40. The fourth-order valence-corrected chi connectivity index (χ4v) is 2.84. The number of rotatable bonds is 7. The van der Waals surface area contributed by atoms with Crippen LogP contribution in [0.5, 0.6) is 0 Å². The van der Waals surface area contributed by atoms with Crippen molar-refractivity contribution in [3.8, 4) is 0 Å². The van der Waals surface area contributed by atoms with Gasteiger partial charge >= 0.3 is 0 Å². The van der Waals surface area contributed by atoms with E-state index in [1.165, 1.54) is 5.56 Å². The van der Waals surface area contributed by atoms with Crippen LogP contribution < -0.4 is 15.5 Å². The molecule has 6 heteroatoms. The number of anilines is 1. The Morgan fingerprint density at radius 3 is 2.60 bits per heavy atom. The van der Waals surface area contributed by atoms with E-state index in [-0.39, 0.29) is 0 Å². The van der Waals surface area contributed by atoms with Crippen molar-refractivity contribution < 1.29 is 0 Å². The summed E-state index contributed by atoms with van der Waals surface area (Å²) in [6.45, 7) is 16.6. The standard InChI is InChI=1S/C19H34N6/c1-5-20-19(22-14-16(3)4)23-15-17-7-8-21-18(13-17)25-11-9-24(6-2)10-12-25/h7-8,13,16H,5-6,9-12,14-15H2,1-4H3,(H2,20,22,23). The molecule has 1 fully saturated rings. The van der Waals surface area contributed by atoms with Gasteiger partial charge in [0.15, 0.2) is 5.96 Å². The highest BCUT2D eigenvalue weighted by Gasteiger charge is 2.16. The van der Waals surface area contributed by atoms with E-state index < -0.39 is 0 Å². The molecule has 0 aliphatic carbocycles. The Kier molecular flexibility index (Phi) is 7.98. The minimum absolute atomic E-state index is 0.596. The average Bonchev–Trinajstić information content (AvgIpc) is 2.64. The number of hydrogen-bond donors (Lipinski definition) is 2. The van der Waals surface area contributed by atoms with E-state index >= 15 is 0 Å². The zero-order valence-electron chi connectivity index (χ0n) is 16.3. The van der Waals surface area contributed by atoms with Gasteiger partial charge in [-0.25, -0.2) is 9.98 Å². The third kappa shape index (κ3) is 6.53. The number of guanidine groups is 1. The van der Waals surface area contributed by atoms with Crippen LogP contribution in [0.25, 0.3) is 0 Å². The number of nitrogens with one attached hydrogen (secondary N) is 2. The number of hydrogen-bond acceptors (Lipinski definition) is 4. The van der Waals surface area contributed by atoms with Crippen LogP contribution in [0.3, 0.4) is 0 Å². The summed E-state index contributed by atoms with van der Waals surface area (Å²) in [6, 6.07) is 4.23. The second-order valence-electron chi connectivity index (χ2n) is 6.91. The van der Waals surface area contributed by atoms with Crippen LogP contribution in [-0.2, 0) is 6.54 Å². The third-order valence-corrected chi connectivity index (χ3v) is 4.40. The van der Waals surface area contributed by atoms with Crippen LogP contribution in [0, 0.1) is 5.92 Å². The lowest BCUT2D eigenvalue weighted by Crippen LogP contribution is -2.46. The fraction of sp³-hybridized carbons (Fsp3) is 0.684. The van der Waals surface area contributed by atoms with Crippen LogP contribution in [0.1, 0.15) is 33.3 Å². The van der Waals surface area contributed by atoms with Crippen molar-refractivity contribution in [1.29, 1.82) is 0 Å². The van der Waals surface area contributed by atoms with Gasteiger partial charge in [-0.2, -0.15) is 0 Å². The van der Waals surface area contributed by atoms with Gasteiger partial charge in [0.2, 0.25) is 0 Å². The van der Waals surface area contributed by atoms with Crippen molar-refractivity contribution >= 4 is 11.8 Å². The van der Waals surface area contributed by atoms with Crippen molar-refractivity contribution in [3.05, 3.63) is 23.9 Å². The van der Waals surface area contributed by atoms with Gasteiger partial charge < -0.3 is 20.4 Å². The molecular weight excluding hydrogens is 312 g/mol. The number of aliphatic imine (C=N–C) groups is 1. The molecule has 0 atom stereocenters. The Bertz CT molecular complexity index is 534. The maximum atomic E-state index is 4.71. The first-order valence-electron chi connectivity index (χ1n) is 9.56. The monoisotopic (exact) mass is 346 g/mol. The minimum atomic E-state index is 0.596. The Labute approximate surface area is 152 Å². The molecule has 1 aromatic rings. The van der Waals surface area contributed by atoms with Crippen molar-refractivity contribution in [1.82, 2.24) is 20.5 Å². The van der Waals surface area contributed by atoms with E-state index in [9.17, 15) is 0 Å². The molecule has 2 N–H and O–H groups in total. The highest BCUT2D eigenvalue weighted by atomic mass is 15.3. The summed E-state index contributed by atoms with van der Waals surface area (Å²) >= 11 is 0. The largest absolute Gasteiger partial charge is 0.357 e. The van der Waals surface area contributed by atoms with Gasteiger partial charge in [-0.15, -0.1) is 0 Å². The van der Waals surface area contributed by atoms with Crippen molar-refractivity contribution in [2.24, 2.45) is 10.9 Å². The maximum Gasteiger partial charge on any atom is 0.191 e. The zero-order valence-corrected chi connectivity index (χ0v) is 16.3. The molecule has 0 unspecified atom stereocenters. The topological polar surface area (TPSA) is 55.8 Å². The molecule has 0 saturated carbocycles. The summed E-state index contributed by atoms with van der Waals surface area (Å²) in [5, 5.41) is 6.69. The molecule has 1 aliphatic rings. The van der Waals surface area contributed by atoms with Gasteiger partial charge in [0.05, 0.1) is 6.54 Å². The normalized spacial score (nSPS) is 16.4. The predicted octanol–water partition coefficient (Wildman–Crippen LogP) is 1.93. The smallest absolute Gasteiger partial charge is 0.191 e. The fourth-order valence-electron chi connectivity index (χ4n) is 2.84. The Balaban J connectivity index is 1.96. The Morgan fingerprint density at radius 1 is 1.20 bits per heavy atom. The van der Waals surface area contributed by atoms with Crippen molar-refractivity contribution in [2.75, 3.05) is 50.7 Å². The lowest BCUT2D eigenvalue weighted by atomic mass is 10.2. The van der Waals surface area contributed by atoms with Crippen molar-refractivity contribution in [2.45, 2.75) is 34.2 Å². The molecule has 0 radical (unpaired) electrons. The molecule has 0 aromatic carbocycles. The van der Waals surface area contributed by atoms with E-state index in [2.05, 4.69) is 65.2 Å². The van der Waals surface area contributed by atoms with Gasteiger partial charge in [-0.1, -0.05) is 20.8 Å². The van der Waals surface area contributed by atoms with Gasteiger partial charge in [0, 0.05) is 45.5 Å². The summed E-state index contributed by atoms with van der Waals surface area (Å²) in [6.07, 6.45) is 1.90. The van der Waals surface area contributed by atoms with Gasteiger partial charge in [0.25, 0.3) is 0 Å². The lowest BCUT2D eigenvalue weighted by molar-refractivity contribution is 0.270. The summed E-state index contributed by atoms with van der Waals surface area (Å²) in [7, 11) is 0. The summed E-state index contributed by atoms with van der Waals surface area (Å²) in [4.78, 5) is 14.1. The zero-order chi connectivity index (χ0) is 18.1. The molecule has 1 aliphatic heterocycles. The van der Waals surface area contributed by atoms with Crippen LogP contribution in [0.15, 0.2) is 23.3 Å². The van der Waals surface area contributed by atoms with E-state index in [0.717, 1.165) is 57.6 Å². The van der Waals surface area contributed by atoms with Gasteiger partial charge in [0.1, 0.15) is 5.82 Å². The molecule has 0 spiro atoms. The number of pyridine rings is 1. The lowest BCUT2D eigenvalue weighted by Gasteiger charge is -2.34. The number of likely N-dealkylation sites (N-methyl/N-ethyl adjacent to an activating group) is 1. The van der Waals surface area contributed by atoms with E-state index in [4.69, 9.17) is 4.99 Å². The molecule has 25 heavy (non-hydrogen) atoms. The molecule has 1 saturated heterocycles. The molecular formula is C19H34N6. The van der Waals surface area contributed by atoms with Gasteiger partial charge in [-0.3, -0.25) is 0 Å². The molecule has 1 aromatic heterocycles. The van der Waals surface area contributed by atoms with E-state index in [1.807, 2.05) is 6.20 Å². The SMILES string of the molecule is CCNC(=NCc1ccnc(N2CCN(CC)CC2)c1)NCC(C)C. The molecule has 6 nitrogen and oxygen atoms in total. The van der Waals surface area contributed by atoms with Crippen LogP contribution in [0.4, 0.5) is 5.82 Å². The first-order valence-corrected chi connectivity index (χ1v) is 9.56. The quantitative estimate of drug-likeness (QED) is 0.584. The maximum absolute atomic E-state index is 4.71. The minimum Gasteiger partial charge on any atom is -0.357 e. The Hall–Kier alpha value is -1.82. The molecule has 2 rings (SSSR count). The summed E-state index contributed by atoms with van der Waals surface area (Å²) in [5.41, 5.74) is 1.20. The average molecular weight is 347 g/mol. The summed E-state index contributed by atoms with van der Waals surface area (Å²) < 4.78 is 0. The number of aromatic nitrogens is 1. The molecule has 0 amide bonds.